The normalized spacial score (nSPS) is 23.8. The van der Waals surface area contributed by atoms with Crippen LogP contribution in [0.25, 0.3) is 11.3 Å². The summed E-state index contributed by atoms with van der Waals surface area (Å²) in [5, 5.41) is 7.03. The number of aromatic amines is 1. The van der Waals surface area contributed by atoms with Crippen molar-refractivity contribution in [3.05, 3.63) is 77.7 Å². The Labute approximate surface area is 163 Å². The number of halogens is 1. The van der Waals surface area contributed by atoms with E-state index < -0.39 is 0 Å². The van der Waals surface area contributed by atoms with Gasteiger partial charge in [0.15, 0.2) is 0 Å². The predicted octanol–water partition coefficient (Wildman–Crippen LogP) is 4.77. The molecule has 0 saturated carbocycles. The predicted molar refractivity (Wildman–Crippen MR) is 105 cm³/mol. The number of nitrogens with zero attached hydrogens (tertiary/aromatic N) is 2. The number of hydrogen-bond donors (Lipinski definition) is 1. The first-order valence-corrected chi connectivity index (χ1v) is 9.87. The molecule has 2 aromatic carbocycles. The minimum Gasteiger partial charge on any atom is -0.333 e. The zero-order valence-corrected chi connectivity index (χ0v) is 15.5. The topological polar surface area (TPSA) is 49.0 Å². The molecule has 3 aromatic rings. The maximum absolute atomic E-state index is 13.3. The summed E-state index contributed by atoms with van der Waals surface area (Å²) in [5.74, 6) is 0.316. The third-order valence-corrected chi connectivity index (χ3v) is 6.22. The third-order valence-electron chi connectivity index (χ3n) is 6.22. The van der Waals surface area contributed by atoms with Gasteiger partial charge < -0.3 is 4.90 Å². The molecule has 0 spiro atoms. The Balaban J connectivity index is 1.37. The van der Waals surface area contributed by atoms with Crippen molar-refractivity contribution in [2.45, 2.75) is 43.7 Å². The molecular formula is C23H22FN3O. The van der Waals surface area contributed by atoms with Gasteiger partial charge in [0.2, 0.25) is 0 Å². The Morgan fingerprint density at radius 1 is 1.04 bits per heavy atom. The molecule has 1 N–H and O–H groups in total. The van der Waals surface area contributed by atoms with Crippen LogP contribution in [0.2, 0.25) is 0 Å². The van der Waals surface area contributed by atoms with E-state index in [4.69, 9.17) is 0 Å². The average molecular weight is 375 g/mol. The van der Waals surface area contributed by atoms with Gasteiger partial charge in [0.1, 0.15) is 5.82 Å². The first kappa shape index (κ1) is 17.2. The van der Waals surface area contributed by atoms with Crippen LogP contribution in [0, 0.1) is 5.82 Å². The maximum atomic E-state index is 13.3. The maximum Gasteiger partial charge on any atom is 0.254 e. The lowest BCUT2D eigenvalue weighted by atomic mass is 9.84. The molecule has 2 saturated heterocycles. The Bertz CT molecular complexity index is 969. The fourth-order valence-corrected chi connectivity index (χ4v) is 4.90. The summed E-state index contributed by atoms with van der Waals surface area (Å²) in [7, 11) is 0. The van der Waals surface area contributed by atoms with Gasteiger partial charge in [-0.2, -0.15) is 5.10 Å². The number of rotatable bonds is 3. The van der Waals surface area contributed by atoms with Crippen LogP contribution < -0.4 is 0 Å². The Hall–Kier alpha value is -2.95. The van der Waals surface area contributed by atoms with Gasteiger partial charge in [-0.05, 0) is 67.5 Å². The van der Waals surface area contributed by atoms with Gasteiger partial charge in [-0.1, -0.05) is 24.3 Å². The van der Waals surface area contributed by atoms with E-state index in [1.165, 1.54) is 17.7 Å². The summed E-state index contributed by atoms with van der Waals surface area (Å²) in [6, 6.07) is 17.0. The zero-order valence-electron chi connectivity index (χ0n) is 15.5. The number of carbonyl (C=O) groups excluding carboxylic acids is 1. The zero-order chi connectivity index (χ0) is 19.1. The van der Waals surface area contributed by atoms with Crippen molar-refractivity contribution in [1.29, 1.82) is 0 Å². The van der Waals surface area contributed by atoms with Crippen molar-refractivity contribution in [2.24, 2.45) is 0 Å². The first-order chi connectivity index (χ1) is 13.7. The number of H-pyrrole nitrogens is 1. The van der Waals surface area contributed by atoms with Gasteiger partial charge in [-0.15, -0.1) is 0 Å². The second-order valence-corrected chi connectivity index (χ2v) is 7.86. The Kier molecular flexibility index (Phi) is 4.23. The fourth-order valence-electron chi connectivity index (χ4n) is 4.90. The molecule has 2 aliphatic heterocycles. The third kappa shape index (κ3) is 3.01. The molecule has 2 atom stereocenters. The number of piperidine rings is 1. The molecule has 1 aromatic heterocycles. The van der Waals surface area contributed by atoms with E-state index in [0.717, 1.165) is 42.5 Å². The molecule has 0 radical (unpaired) electrons. The summed E-state index contributed by atoms with van der Waals surface area (Å²) in [6.07, 6.45) is 5.78. The number of hydrogen-bond acceptors (Lipinski definition) is 2. The number of carbonyl (C=O) groups is 1. The highest BCUT2D eigenvalue weighted by atomic mass is 19.1. The lowest BCUT2D eigenvalue weighted by Gasteiger charge is -2.39. The van der Waals surface area contributed by atoms with Crippen LogP contribution in [0.1, 0.15) is 47.5 Å². The van der Waals surface area contributed by atoms with E-state index >= 15 is 0 Å². The molecule has 2 fully saturated rings. The van der Waals surface area contributed by atoms with Crippen molar-refractivity contribution < 1.29 is 9.18 Å². The second kappa shape index (κ2) is 6.89. The van der Waals surface area contributed by atoms with E-state index in [2.05, 4.69) is 15.1 Å². The number of fused-ring (bicyclic) bond motifs is 2. The van der Waals surface area contributed by atoms with Crippen molar-refractivity contribution in [3.8, 4) is 11.3 Å². The first-order valence-electron chi connectivity index (χ1n) is 9.87. The lowest BCUT2D eigenvalue weighted by molar-refractivity contribution is 0.0571. The van der Waals surface area contributed by atoms with Crippen molar-refractivity contribution in [1.82, 2.24) is 15.1 Å². The summed E-state index contributed by atoms with van der Waals surface area (Å²) >= 11 is 0. The molecule has 2 aliphatic rings. The average Bonchev–Trinajstić information content (AvgIpc) is 3.35. The van der Waals surface area contributed by atoms with Crippen LogP contribution in [0.4, 0.5) is 4.39 Å². The van der Waals surface area contributed by atoms with Gasteiger partial charge in [0.05, 0.1) is 5.69 Å². The largest absolute Gasteiger partial charge is 0.333 e. The SMILES string of the molecule is O=C(c1cccc(-c2cc[nH]n2)c1)N1C2CCC1CC(c1ccc(F)cc1)C2. The summed E-state index contributed by atoms with van der Waals surface area (Å²) < 4.78 is 13.3. The molecule has 2 bridgehead atoms. The van der Waals surface area contributed by atoms with E-state index in [-0.39, 0.29) is 23.8 Å². The quantitative estimate of drug-likeness (QED) is 0.717. The second-order valence-electron chi connectivity index (χ2n) is 7.86. The molecule has 5 heteroatoms. The van der Waals surface area contributed by atoms with Crippen LogP contribution in [0.5, 0.6) is 0 Å². The fraction of sp³-hybridized carbons (Fsp3) is 0.304. The van der Waals surface area contributed by atoms with Crippen LogP contribution >= 0.6 is 0 Å². The number of nitrogens with one attached hydrogen (secondary N) is 1. The lowest BCUT2D eigenvalue weighted by Crippen LogP contribution is -2.46. The standard InChI is InChI=1S/C23H22FN3O/c24-19-6-4-15(5-7-19)18-13-20-8-9-21(14-18)27(20)23(28)17-3-1-2-16(12-17)22-10-11-25-26-22/h1-7,10-12,18,20-21H,8-9,13-14H2,(H,25,26). The molecule has 0 aliphatic carbocycles. The van der Waals surface area contributed by atoms with Crippen molar-refractivity contribution >= 4 is 5.91 Å². The smallest absolute Gasteiger partial charge is 0.254 e. The number of amides is 1. The highest BCUT2D eigenvalue weighted by molar-refractivity contribution is 5.96. The minimum absolute atomic E-state index is 0.113. The van der Waals surface area contributed by atoms with Crippen LogP contribution in [0.15, 0.2) is 60.8 Å². The van der Waals surface area contributed by atoms with Crippen LogP contribution in [-0.4, -0.2) is 33.1 Å². The number of aromatic nitrogens is 2. The molecule has 142 valence electrons. The van der Waals surface area contributed by atoms with Gasteiger partial charge in [-0.25, -0.2) is 4.39 Å². The van der Waals surface area contributed by atoms with E-state index in [1.54, 1.807) is 6.20 Å². The van der Waals surface area contributed by atoms with E-state index in [0.29, 0.717) is 5.92 Å². The van der Waals surface area contributed by atoms with E-state index in [9.17, 15) is 9.18 Å². The summed E-state index contributed by atoms with van der Waals surface area (Å²) in [6.45, 7) is 0. The highest BCUT2D eigenvalue weighted by Crippen LogP contribution is 2.43. The Morgan fingerprint density at radius 3 is 2.46 bits per heavy atom. The van der Waals surface area contributed by atoms with Gasteiger partial charge in [-0.3, -0.25) is 9.89 Å². The molecule has 3 heterocycles. The van der Waals surface area contributed by atoms with Gasteiger partial charge in [0.25, 0.3) is 5.91 Å². The molecule has 2 unspecified atom stereocenters. The highest BCUT2D eigenvalue weighted by Gasteiger charge is 2.43. The molecule has 4 nitrogen and oxygen atoms in total. The molecular weight excluding hydrogens is 353 g/mol. The minimum atomic E-state index is -0.198. The van der Waals surface area contributed by atoms with Gasteiger partial charge >= 0.3 is 0 Å². The molecule has 5 rings (SSSR count). The van der Waals surface area contributed by atoms with Crippen molar-refractivity contribution in [3.63, 3.8) is 0 Å². The van der Waals surface area contributed by atoms with Crippen molar-refractivity contribution in [2.75, 3.05) is 0 Å². The number of benzene rings is 2. The van der Waals surface area contributed by atoms with Crippen LogP contribution in [-0.2, 0) is 0 Å². The van der Waals surface area contributed by atoms with Gasteiger partial charge in [0, 0.05) is 29.4 Å². The monoisotopic (exact) mass is 375 g/mol. The van der Waals surface area contributed by atoms with E-state index in [1.807, 2.05) is 42.5 Å². The summed E-state index contributed by atoms with van der Waals surface area (Å²) in [4.78, 5) is 15.4. The molecule has 28 heavy (non-hydrogen) atoms. The Morgan fingerprint density at radius 2 is 1.79 bits per heavy atom. The molecule has 1 amide bonds. The van der Waals surface area contributed by atoms with Crippen LogP contribution in [0.3, 0.4) is 0 Å². The summed E-state index contributed by atoms with van der Waals surface area (Å²) in [5.41, 5.74) is 3.69.